The van der Waals surface area contributed by atoms with Gasteiger partial charge in [-0.05, 0) is 88.3 Å². The number of aryl methyl sites for hydroxylation is 2. The zero-order valence-electron chi connectivity index (χ0n) is 22.3. The standard InChI is InChI=1S/C31H38N4O2/c1-21(2)32-30(36)27-20-26(33-31(37)34-28-12-10-22(3)18-23(28)4)11-13-29(27)35-16-14-25(15-17-35)19-24-8-6-5-7-9-24/h5-13,18,20-21,25H,14-17,19H2,1-4H3,(H,32,36)(H2,33,34,37). The van der Waals surface area contributed by atoms with Crippen LogP contribution in [0.25, 0.3) is 0 Å². The first-order chi connectivity index (χ1) is 17.8. The number of hydrogen-bond donors (Lipinski definition) is 3. The van der Waals surface area contributed by atoms with Gasteiger partial charge in [-0.25, -0.2) is 4.79 Å². The van der Waals surface area contributed by atoms with Gasteiger partial charge in [0.25, 0.3) is 5.91 Å². The van der Waals surface area contributed by atoms with Crippen molar-refractivity contribution in [3.8, 4) is 0 Å². The minimum atomic E-state index is -0.336. The molecule has 0 unspecified atom stereocenters. The predicted octanol–water partition coefficient (Wildman–Crippen LogP) is 6.54. The molecule has 0 atom stereocenters. The summed E-state index contributed by atoms with van der Waals surface area (Å²) in [5.41, 5.74) is 6.36. The number of nitrogens with zero attached hydrogens (tertiary/aromatic N) is 1. The Morgan fingerprint density at radius 1 is 0.919 bits per heavy atom. The topological polar surface area (TPSA) is 73.5 Å². The van der Waals surface area contributed by atoms with Crippen LogP contribution in [0, 0.1) is 19.8 Å². The number of amides is 3. The number of anilines is 3. The second-order valence-electron chi connectivity index (χ2n) is 10.4. The zero-order valence-corrected chi connectivity index (χ0v) is 22.3. The number of rotatable bonds is 7. The van der Waals surface area contributed by atoms with E-state index in [-0.39, 0.29) is 18.0 Å². The van der Waals surface area contributed by atoms with Crippen LogP contribution < -0.4 is 20.9 Å². The molecule has 3 amide bonds. The minimum absolute atomic E-state index is 0.0152. The minimum Gasteiger partial charge on any atom is -0.371 e. The van der Waals surface area contributed by atoms with Gasteiger partial charge in [-0.3, -0.25) is 4.79 Å². The van der Waals surface area contributed by atoms with Crippen molar-refractivity contribution in [3.05, 3.63) is 89.0 Å². The smallest absolute Gasteiger partial charge is 0.323 e. The molecule has 4 rings (SSSR count). The SMILES string of the molecule is Cc1ccc(NC(=O)Nc2ccc(N3CCC(Cc4ccccc4)CC3)c(C(=O)NC(C)C)c2)c(C)c1. The van der Waals surface area contributed by atoms with Gasteiger partial charge in [0.15, 0.2) is 0 Å². The molecule has 0 radical (unpaired) electrons. The van der Waals surface area contributed by atoms with Crippen LogP contribution in [0.5, 0.6) is 0 Å². The number of nitrogens with one attached hydrogen (secondary N) is 3. The van der Waals surface area contributed by atoms with E-state index in [9.17, 15) is 9.59 Å². The third-order valence-electron chi connectivity index (χ3n) is 6.87. The molecule has 0 aromatic heterocycles. The molecule has 1 aliphatic rings. The van der Waals surface area contributed by atoms with E-state index in [0.717, 1.165) is 54.9 Å². The highest BCUT2D eigenvalue weighted by molar-refractivity contribution is 6.04. The van der Waals surface area contributed by atoms with Crippen LogP contribution >= 0.6 is 0 Å². The van der Waals surface area contributed by atoms with Crippen molar-refractivity contribution in [2.75, 3.05) is 28.6 Å². The molecule has 3 aromatic carbocycles. The average Bonchev–Trinajstić information content (AvgIpc) is 2.86. The number of hydrogen-bond acceptors (Lipinski definition) is 3. The lowest BCUT2D eigenvalue weighted by molar-refractivity contribution is 0.0943. The highest BCUT2D eigenvalue weighted by atomic mass is 16.2. The molecule has 3 N–H and O–H groups in total. The van der Waals surface area contributed by atoms with Gasteiger partial charge in [-0.15, -0.1) is 0 Å². The summed E-state index contributed by atoms with van der Waals surface area (Å²) in [5.74, 6) is 0.510. The summed E-state index contributed by atoms with van der Waals surface area (Å²) in [6.07, 6.45) is 3.25. The highest BCUT2D eigenvalue weighted by Gasteiger charge is 2.24. The molecular weight excluding hydrogens is 460 g/mol. The Kier molecular flexibility index (Phi) is 8.49. The Balaban J connectivity index is 1.47. The molecule has 0 bridgehead atoms. The van der Waals surface area contributed by atoms with Crippen molar-refractivity contribution in [3.63, 3.8) is 0 Å². The van der Waals surface area contributed by atoms with E-state index in [0.29, 0.717) is 17.2 Å². The Labute approximate surface area is 220 Å². The van der Waals surface area contributed by atoms with Gasteiger partial charge in [-0.2, -0.15) is 0 Å². The summed E-state index contributed by atoms with van der Waals surface area (Å²) in [6, 6.07) is 21.8. The van der Waals surface area contributed by atoms with Gasteiger partial charge in [0.2, 0.25) is 0 Å². The molecule has 0 aliphatic carbocycles. The molecule has 6 heteroatoms. The van der Waals surface area contributed by atoms with Gasteiger partial charge >= 0.3 is 6.03 Å². The van der Waals surface area contributed by atoms with Crippen molar-refractivity contribution in [1.29, 1.82) is 0 Å². The largest absolute Gasteiger partial charge is 0.371 e. The molecular formula is C31H38N4O2. The Bertz CT molecular complexity index is 1230. The molecule has 1 fully saturated rings. The fourth-order valence-electron chi connectivity index (χ4n) is 4.98. The Morgan fingerprint density at radius 2 is 1.65 bits per heavy atom. The van der Waals surface area contributed by atoms with Gasteiger partial charge in [-0.1, -0.05) is 48.0 Å². The van der Waals surface area contributed by atoms with Crippen LogP contribution in [0.2, 0.25) is 0 Å². The molecule has 1 saturated heterocycles. The van der Waals surface area contributed by atoms with Crippen LogP contribution in [0.3, 0.4) is 0 Å². The summed E-state index contributed by atoms with van der Waals surface area (Å²) in [6.45, 7) is 9.69. The van der Waals surface area contributed by atoms with Crippen LogP contribution in [0.4, 0.5) is 21.9 Å². The average molecular weight is 499 g/mol. The summed E-state index contributed by atoms with van der Waals surface area (Å²) in [5, 5.41) is 8.82. The van der Waals surface area contributed by atoms with Crippen LogP contribution in [0.15, 0.2) is 66.7 Å². The van der Waals surface area contributed by atoms with Gasteiger partial charge < -0.3 is 20.9 Å². The van der Waals surface area contributed by atoms with E-state index in [1.807, 2.05) is 58.0 Å². The first-order valence-electron chi connectivity index (χ1n) is 13.2. The van der Waals surface area contributed by atoms with Crippen molar-refractivity contribution in [2.24, 2.45) is 5.92 Å². The first-order valence-corrected chi connectivity index (χ1v) is 13.2. The fraction of sp³-hybridized carbons (Fsp3) is 0.355. The lowest BCUT2D eigenvalue weighted by Gasteiger charge is -2.35. The molecule has 194 valence electrons. The first kappa shape index (κ1) is 26.3. The van der Waals surface area contributed by atoms with E-state index >= 15 is 0 Å². The van der Waals surface area contributed by atoms with Crippen LogP contribution in [0.1, 0.15) is 53.7 Å². The number of carbonyl (C=O) groups excluding carboxylic acids is 2. The molecule has 1 heterocycles. The third-order valence-corrected chi connectivity index (χ3v) is 6.87. The second-order valence-corrected chi connectivity index (χ2v) is 10.4. The maximum atomic E-state index is 13.2. The van der Waals surface area contributed by atoms with E-state index < -0.39 is 0 Å². The lowest BCUT2D eigenvalue weighted by Crippen LogP contribution is -2.37. The fourth-order valence-corrected chi connectivity index (χ4v) is 4.98. The number of urea groups is 1. The lowest BCUT2D eigenvalue weighted by atomic mass is 9.89. The van der Waals surface area contributed by atoms with Gasteiger partial charge in [0.1, 0.15) is 0 Å². The quantitative estimate of drug-likeness (QED) is 0.346. The van der Waals surface area contributed by atoms with Gasteiger partial charge in [0.05, 0.1) is 5.56 Å². The van der Waals surface area contributed by atoms with Crippen LogP contribution in [-0.4, -0.2) is 31.1 Å². The summed E-state index contributed by atoms with van der Waals surface area (Å²) in [4.78, 5) is 28.2. The molecule has 6 nitrogen and oxygen atoms in total. The third kappa shape index (κ3) is 7.13. The Morgan fingerprint density at radius 3 is 2.32 bits per heavy atom. The monoisotopic (exact) mass is 498 g/mol. The van der Waals surface area contributed by atoms with E-state index in [1.165, 1.54) is 5.56 Å². The molecule has 1 aliphatic heterocycles. The number of benzene rings is 3. The van der Waals surface area contributed by atoms with E-state index in [4.69, 9.17) is 0 Å². The van der Waals surface area contributed by atoms with Crippen molar-refractivity contribution in [1.82, 2.24) is 5.32 Å². The molecule has 3 aromatic rings. The highest BCUT2D eigenvalue weighted by Crippen LogP contribution is 2.30. The van der Waals surface area contributed by atoms with E-state index in [1.54, 1.807) is 6.07 Å². The normalized spacial score (nSPS) is 13.9. The predicted molar refractivity (Wildman–Crippen MR) is 153 cm³/mol. The summed E-state index contributed by atoms with van der Waals surface area (Å²) >= 11 is 0. The number of carbonyl (C=O) groups is 2. The molecule has 37 heavy (non-hydrogen) atoms. The summed E-state index contributed by atoms with van der Waals surface area (Å²) < 4.78 is 0. The molecule has 0 spiro atoms. The van der Waals surface area contributed by atoms with Crippen molar-refractivity contribution < 1.29 is 9.59 Å². The van der Waals surface area contributed by atoms with Gasteiger partial charge in [0, 0.05) is 36.2 Å². The number of piperidine rings is 1. The maximum Gasteiger partial charge on any atom is 0.323 e. The van der Waals surface area contributed by atoms with Crippen molar-refractivity contribution in [2.45, 2.75) is 53.0 Å². The zero-order chi connectivity index (χ0) is 26.4. The van der Waals surface area contributed by atoms with Crippen molar-refractivity contribution >= 4 is 29.0 Å². The van der Waals surface area contributed by atoms with Crippen LogP contribution in [-0.2, 0) is 6.42 Å². The second kappa shape index (κ2) is 12.0. The summed E-state index contributed by atoms with van der Waals surface area (Å²) in [7, 11) is 0. The maximum absolute atomic E-state index is 13.2. The van der Waals surface area contributed by atoms with E-state index in [2.05, 4.69) is 51.2 Å². The Hall–Kier alpha value is -3.80. The molecule has 0 saturated carbocycles.